The Kier molecular flexibility index (Phi) is 6.55. The molecule has 1 saturated carbocycles. The summed E-state index contributed by atoms with van der Waals surface area (Å²) in [7, 11) is 1.75. The largest absolute Gasteiger partial charge is 0.380 e. The SMILES string of the molecule is CCC1CCCC(NCc2cccc(COC)c2)CC1. The Hall–Kier alpha value is -0.860. The van der Waals surface area contributed by atoms with Crippen molar-refractivity contribution < 1.29 is 4.74 Å². The van der Waals surface area contributed by atoms with E-state index in [4.69, 9.17) is 4.74 Å². The minimum atomic E-state index is 0.704. The number of hydrogen-bond acceptors (Lipinski definition) is 2. The summed E-state index contributed by atoms with van der Waals surface area (Å²) in [6.45, 7) is 4.02. The molecule has 112 valence electrons. The van der Waals surface area contributed by atoms with Gasteiger partial charge in [0.1, 0.15) is 0 Å². The van der Waals surface area contributed by atoms with E-state index in [0.717, 1.165) is 12.5 Å². The predicted octanol–water partition coefficient (Wildman–Crippen LogP) is 4.28. The van der Waals surface area contributed by atoms with Crippen LogP contribution in [-0.4, -0.2) is 13.2 Å². The van der Waals surface area contributed by atoms with E-state index in [2.05, 4.69) is 36.5 Å². The molecule has 1 aliphatic carbocycles. The van der Waals surface area contributed by atoms with Crippen LogP contribution in [0.3, 0.4) is 0 Å². The molecule has 0 saturated heterocycles. The fraction of sp³-hybridized carbons (Fsp3) is 0.667. The average molecular weight is 275 g/mol. The minimum absolute atomic E-state index is 0.704. The van der Waals surface area contributed by atoms with Gasteiger partial charge in [-0.1, -0.05) is 50.5 Å². The number of methoxy groups -OCH3 is 1. The van der Waals surface area contributed by atoms with E-state index >= 15 is 0 Å². The number of hydrogen-bond donors (Lipinski definition) is 1. The number of nitrogens with one attached hydrogen (secondary N) is 1. The molecule has 0 amide bonds. The zero-order valence-electron chi connectivity index (χ0n) is 13.0. The van der Waals surface area contributed by atoms with Gasteiger partial charge in [0.05, 0.1) is 6.61 Å². The van der Waals surface area contributed by atoms with E-state index in [9.17, 15) is 0 Å². The highest BCUT2D eigenvalue weighted by Crippen LogP contribution is 2.25. The first-order valence-electron chi connectivity index (χ1n) is 8.12. The first-order valence-corrected chi connectivity index (χ1v) is 8.12. The molecule has 0 aromatic heterocycles. The maximum atomic E-state index is 5.20. The third kappa shape index (κ3) is 4.92. The summed E-state index contributed by atoms with van der Waals surface area (Å²) in [5, 5.41) is 3.75. The van der Waals surface area contributed by atoms with Gasteiger partial charge in [0.15, 0.2) is 0 Å². The summed E-state index contributed by atoms with van der Waals surface area (Å²) in [5.74, 6) is 0.965. The van der Waals surface area contributed by atoms with Crippen molar-refractivity contribution >= 4 is 0 Å². The molecule has 1 fully saturated rings. The van der Waals surface area contributed by atoms with Crippen molar-refractivity contribution in [2.75, 3.05) is 7.11 Å². The molecule has 0 spiro atoms. The summed E-state index contributed by atoms with van der Waals surface area (Å²) in [6.07, 6.45) is 8.26. The second-order valence-electron chi connectivity index (χ2n) is 6.11. The highest BCUT2D eigenvalue weighted by atomic mass is 16.5. The van der Waals surface area contributed by atoms with Crippen LogP contribution in [0.4, 0.5) is 0 Å². The van der Waals surface area contributed by atoms with E-state index in [1.807, 2.05) is 0 Å². The van der Waals surface area contributed by atoms with E-state index < -0.39 is 0 Å². The molecule has 1 N–H and O–H groups in total. The Morgan fingerprint density at radius 2 is 2.00 bits per heavy atom. The molecule has 0 heterocycles. The maximum Gasteiger partial charge on any atom is 0.0713 e. The quantitative estimate of drug-likeness (QED) is 0.782. The zero-order chi connectivity index (χ0) is 14.2. The Labute approximate surface area is 123 Å². The minimum Gasteiger partial charge on any atom is -0.380 e. The Balaban J connectivity index is 1.81. The molecule has 2 rings (SSSR count). The predicted molar refractivity (Wildman–Crippen MR) is 84.6 cm³/mol. The van der Waals surface area contributed by atoms with Crippen LogP contribution in [0.5, 0.6) is 0 Å². The number of benzene rings is 1. The van der Waals surface area contributed by atoms with Gasteiger partial charge in [-0.25, -0.2) is 0 Å². The summed E-state index contributed by atoms with van der Waals surface area (Å²) in [5.41, 5.74) is 2.63. The standard InChI is InChI=1S/C18H29NO/c1-3-15-6-5-9-18(11-10-15)19-13-16-7-4-8-17(12-16)14-20-2/h4,7-8,12,15,18-19H,3,5-6,9-11,13-14H2,1-2H3. The van der Waals surface area contributed by atoms with Crippen molar-refractivity contribution in [1.82, 2.24) is 5.32 Å². The molecule has 2 atom stereocenters. The van der Waals surface area contributed by atoms with Gasteiger partial charge in [-0.3, -0.25) is 0 Å². The monoisotopic (exact) mass is 275 g/mol. The fourth-order valence-electron chi connectivity index (χ4n) is 3.25. The van der Waals surface area contributed by atoms with E-state index in [1.165, 1.54) is 49.7 Å². The lowest BCUT2D eigenvalue weighted by molar-refractivity contribution is 0.185. The molecular formula is C18H29NO. The molecule has 1 aromatic carbocycles. The maximum absolute atomic E-state index is 5.20. The zero-order valence-corrected chi connectivity index (χ0v) is 13.0. The van der Waals surface area contributed by atoms with Crippen LogP contribution in [0.2, 0.25) is 0 Å². The van der Waals surface area contributed by atoms with E-state index in [1.54, 1.807) is 7.11 Å². The third-order valence-electron chi connectivity index (χ3n) is 4.56. The number of ether oxygens (including phenoxy) is 1. The first-order chi connectivity index (χ1) is 9.81. The van der Waals surface area contributed by atoms with Crippen molar-refractivity contribution in [2.24, 2.45) is 5.92 Å². The molecular weight excluding hydrogens is 246 g/mol. The summed E-state index contributed by atoms with van der Waals surface area (Å²) >= 11 is 0. The molecule has 2 heteroatoms. The van der Waals surface area contributed by atoms with Gasteiger partial charge < -0.3 is 10.1 Å². The molecule has 0 bridgehead atoms. The fourth-order valence-corrected chi connectivity index (χ4v) is 3.25. The van der Waals surface area contributed by atoms with Gasteiger partial charge in [0, 0.05) is 19.7 Å². The topological polar surface area (TPSA) is 21.3 Å². The van der Waals surface area contributed by atoms with Gasteiger partial charge in [-0.05, 0) is 36.3 Å². The molecule has 2 nitrogen and oxygen atoms in total. The van der Waals surface area contributed by atoms with Crippen LogP contribution in [0.15, 0.2) is 24.3 Å². The Morgan fingerprint density at radius 3 is 2.80 bits per heavy atom. The van der Waals surface area contributed by atoms with Crippen LogP contribution >= 0.6 is 0 Å². The normalized spacial score (nSPS) is 23.5. The van der Waals surface area contributed by atoms with Crippen molar-refractivity contribution in [3.8, 4) is 0 Å². The van der Waals surface area contributed by atoms with Crippen LogP contribution in [0, 0.1) is 5.92 Å². The molecule has 2 unspecified atom stereocenters. The van der Waals surface area contributed by atoms with Crippen LogP contribution in [-0.2, 0) is 17.9 Å². The molecule has 20 heavy (non-hydrogen) atoms. The number of rotatable bonds is 6. The van der Waals surface area contributed by atoms with Crippen LogP contribution < -0.4 is 5.32 Å². The van der Waals surface area contributed by atoms with Gasteiger partial charge in [0.25, 0.3) is 0 Å². The highest BCUT2D eigenvalue weighted by molar-refractivity contribution is 5.22. The lowest BCUT2D eigenvalue weighted by atomic mass is 9.98. The Bertz CT molecular complexity index is 391. The summed E-state index contributed by atoms with van der Waals surface area (Å²) < 4.78 is 5.20. The summed E-state index contributed by atoms with van der Waals surface area (Å²) in [6, 6.07) is 9.42. The van der Waals surface area contributed by atoms with Gasteiger partial charge >= 0.3 is 0 Å². The third-order valence-corrected chi connectivity index (χ3v) is 4.56. The van der Waals surface area contributed by atoms with Gasteiger partial charge in [0.2, 0.25) is 0 Å². The smallest absolute Gasteiger partial charge is 0.0713 e. The summed E-state index contributed by atoms with van der Waals surface area (Å²) in [4.78, 5) is 0. The second-order valence-corrected chi connectivity index (χ2v) is 6.11. The molecule has 0 aliphatic heterocycles. The van der Waals surface area contributed by atoms with Crippen molar-refractivity contribution in [3.63, 3.8) is 0 Å². The second kappa shape index (κ2) is 8.43. The lowest BCUT2D eigenvalue weighted by Crippen LogP contribution is -2.28. The first kappa shape index (κ1) is 15.5. The van der Waals surface area contributed by atoms with Crippen molar-refractivity contribution in [1.29, 1.82) is 0 Å². The van der Waals surface area contributed by atoms with Crippen molar-refractivity contribution in [3.05, 3.63) is 35.4 Å². The van der Waals surface area contributed by atoms with E-state index in [-0.39, 0.29) is 0 Å². The lowest BCUT2D eigenvalue weighted by Gasteiger charge is -2.17. The Morgan fingerprint density at radius 1 is 1.15 bits per heavy atom. The van der Waals surface area contributed by atoms with Gasteiger partial charge in [-0.2, -0.15) is 0 Å². The molecule has 1 aromatic rings. The highest BCUT2D eigenvalue weighted by Gasteiger charge is 2.17. The van der Waals surface area contributed by atoms with Crippen molar-refractivity contribution in [2.45, 2.75) is 64.6 Å². The van der Waals surface area contributed by atoms with Crippen LogP contribution in [0.1, 0.15) is 56.6 Å². The van der Waals surface area contributed by atoms with Crippen LogP contribution in [0.25, 0.3) is 0 Å². The van der Waals surface area contributed by atoms with Gasteiger partial charge in [-0.15, -0.1) is 0 Å². The van der Waals surface area contributed by atoms with E-state index in [0.29, 0.717) is 12.6 Å². The molecule has 1 aliphatic rings. The molecule has 0 radical (unpaired) electrons. The average Bonchev–Trinajstić information content (AvgIpc) is 2.71.